The number of benzene rings is 1. The van der Waals surface area contributed by atoms with Gasteiger partial charge >= 0.3 is 0 Å². The van der Waals surface area contributed by atoms with Crippen LogP contribution >= 0.6 is 15.9 Å². The topological polar surface area (TPSA) is 59.0 Å². The van der Waals surface area contributed by atoms with E-state index in [1.807, 2.05) is 6.07 Å². The van der Waals surface area contributed by atoms with Crippen molar-refractivity contribution in [3.05, 3.63) is 27.7 Å². The lowest BCUT2D eigenvalue weighted by Crippen LogP contribution is -2.02. The van der Waals surface area contributed by atoms with Gasteiger partial charge in [-0.05, 0) is 12.1 Å². The van der Waals surface area contributed by atoms with Crippen molar-refractivity contribution in [2.45, 2.75) is 6.54 Å². The molecular formula is C9H9BrN2O. The summed E-state index contributed by atoms with van der Waals surface area (Å²) in [5, 5.41) is 8.77. The van der Waals surface area contributed by atoms with Crippen LogP contribution in [0.1, 0.15) is 11.1 Å². The van der Waals surface area contributed by atoms with Crippen molar-refractivity contribution in [2.75, 3.05) is 7.11 Å². The third-order valence-corrected chi connectivity index (χ3v) is 2.47. The second kappa shape index (κ2) is 4.26. The fraction of sp³-hybridized carbons (Fsp3) is 0.222. The van der Waals surface area contributed by atoms with E-state index in [1.54, 1.807) is 12.1 Å². The van der Waals surface area contributed by atoms with Gasteiger partial charge < -0.3 is 10.5 Å². The maximum absolute atomic E-state index is 8.77. The summed E-state index contributed by atoms with van der Waals surface area (Å²) >= 11 is 3.34. The Kier molecular flexibility index (Phi) is 3.29. The molecule has 68 valence electrons. The van der Waals surface area contributed by atoms with Crippen LogP contribution in [-0.2, 0) is 6.54 Å². The molecule has 0 fully saturated rings. The van der Waals surface area contributed by atoms with Gasteiger partial charge in [-0.1, -0.05) is 15.9 Å². The van der Waals surface area contributed by atoms with Crippen LogP contribution in [0, 0.1) is 11.3 Å². The van der Waals surface area contributed by atoms with Crippen molar-refractivity contribution in [1.82, 2.24) is 0 Å². The van der Waals surface area contributed by atoms with Gasteiger partial charge in [0.1, 0.15) is 11.8 Å². The fourth-order valence-corrected chi connectivity index (χ4v) is 1.59. The molecule has 0 aromatic heterocycles. The summed E-state index contributed by atoms with van der Waals surface area (Å²) < 4.78 is 5.97. The first-order valence-corrected chi connectivity index (χ1v) is 4.49. The van der Waals surface area contributed by atoms with Crippen molar-refractivity contribution in [2.24, 2.45) is 5.73 Å². The predicted molar refractivity (Wildman–Crippen MR) is 53.3 cm³/mol. The summed E-state index contributed by atoms with van der Waals surface area (Å²) in [4.78, 5) is 0. The average molecular weight is 241 g/mol. The van der Waals surface area contributed by atoms with Crippen LogP contribution in [0.4, 0.5) is 0 Å². The first-order valence-electron chi connectivity index (χ1n) is 3.70. The summed E-state index contributed by atoms with van der Waals surface area (Å²) in [5.74, 6) is 0.555. The van der Waals surface area contributed by atoms with E-state index in [0.717, 1.165) is 10.0 Å². The van der Waals surface area contributed by atoms with Gasteiger partial charge in [0.05, 0.1) is 12.7 Å². The van der Waals surface area contributed by atoms with Gasteiger partial charge in [0.25, 0.3) is 0 Å². The average Bonchev–Trinajstić information content (AvgIpc) is 2.17. The highest BCUT2D eigenvalue weighted by atomic mass is 79.9. The first-order chi connectivity index (χ1) is 6.24. The summed E-state index contributed by atoms with van der Waals surface area (Å²) in [6.45, 7) is 0.347. The summed E-state index contributed by atoms with van der Waals surface area (Å²) in [7, 11) is 1.53. The zero-order chi connectivity index (χ0) is 9.84. The molecule has 0 amide bonds. The SMILES string of the molecule is COc1c(C#N)ccc(Br)c1CN. The molecule has 0 unspecified atom stereocenters. The van der Waals surface area contributed by atoms with Crippen LogP contribution < -0.4 is 10.5 Å². The summed E-state index contributed by atoms with van der Waals surface area (Å²) in [5.41, 5.74) is 6.86. The lowest BCUT2D eigenvalue weighted by atomic mass is 10.1. The Morgan fingerprint density at radius 1 is 1.62 bits per heavy atom. The Morgan fingerprint density at radius 3 is 2.77 bits per heavy atom. The zero-order valence-electron chi connectivity index (χ0n) is 7.17. The maximum atomic E-state index is 8.77. The molecular weight excluding hydrogens is 232 g/mol. The molecule has 1 aromatic rings. The number of hydrogen-bond acceptors (Lipinski definition) is 3. The normalized spacial score (nSPS) is 9.38. The molecule has 1 aromatic carbocycles. The van der Waals surface area contributed by atoms with Gasteiger partial charge in [-0.15, -0.1) is 0 Å². The number of nitriles is 1. The fourth-order valence-electron chi connectivity index (χ4n) is 1.12. The van der Waals surface area contributed by atoms with Gasteiger partial charge in [-0.2, -0.15) is 5.26 Å². The molecule has 0 saturated carbocycles. The largest absolute Gasteiger partial charge is 0.495 e. The molecule has 0 saturated heterocycles. The molecule has 0 aliphatic carbocycles. The Labute approximate surface area is 85.2 Å². The second-order valence-electron chi connectivity index (χ2n) is 2.42. The molecule has 3 nitrogen and oxygen atoms in total. The summed E-state index contributed by atoms with van der Waals surface area (Å²) in [6.07, 6.45) is 0. The van der Waals surface area contributed by atoms with Gasteiger partial charge in [0.2, 0.25) is 0 Å². The number of halogens is 1. The molecule has 2 N–H and O–H groups in total. The van der Waals surface area contributed by atoms with E-state index < -0.39 is 0 Å². The summed E-state index contributed by atoms with van der Waals surface area (Å²) in [6, 6.07) is 5.54. The molecule has 13 heavy (non-hydrogen) atoms. The standard InChI is InChI=1S/C9H9BrN2O/c1-13-9-6(4-11)2-3-8(10)7(9)5-12/h2-3H,5,12H2,1H3. The highest BCUT2D eigenvalue weighted by molar-refractivity contribution is 9.10. The van der Waals surface area contributed by atoms with Gasteiger partial charge in [0.15, 0.2) is 0 Å². The molecule has 0 radical (unpaired) electrons. The first kappa shape index (κ1) is 10.0. The third-order valence-electron chi connectivity index (χ3n) is 1.73. The third kappa shape index (κ3) is 1.82. The van der Waals surface area contributed by atoms with Crippen molar-refractivity contribution in [1.29, 1.82) is 5.26 Å². The van der Waals surface area contributed by atoms with Crippen LogP contribution in [0.3, 0.4) is 0 Å². The number of nitrogens with two attached hydrogens (primary N) is 1. The van der Waals surface area contributed by atoms with Crippen LogP contribution in [0.5, 0.6) is 5.75 Å². The van der Waals surface area contributed by atoms with Gasteiger partial charge in [0, 0.05) is 16.6 Å². The number of methoxy groups -OCH3 is 1. The molecule has 0 aliphatic heterocycles. The second-order valence-corrected chi connectivity index (χ2v) is 3.28. The van der Waals surface area contributed by atoms with E-state index in [9.17, 15) is 0 Å². The molecule has 0 bridgehead atoms. The van der Waals surface area contributed by atoms with Gasteiger partial charge in [-0.3, -0.25) is 0 Å². The van der Waals surface area contributed by atoms with Crippen LogP contribution in [-0.4, -0.2) is 7.11 Å². The Balaban J connectivity index is 3.38. The molecule has 0 heterocycles. The van der Waals surface area contributed by atoms with E-state index in [0.29, 0.717) is 17.9 Å². The van der Waals surface area contributed by atoms with Gasteiger partial charge in [-0.25, -0.2) is 0 Å². The van der Waals surface area contributed by atoms with Crippen molar-refractivity contribution in [3.8, 4) is 11.8 Å². The number of nitrogens with zero attached hydrogens (tertiary/aromatic N) is 1. The molecule has 1 rings (SSSR count). The highest BCUT2D eigenvalue weighted by Gasteiger charge is 2.10. The minimum Gasteiger partial charge on any atom is -0.495 e. The molecule has 0 spiro atoms. The molecule has 0 atom stereocenters. The Hall–Kier alpha value is -1.05. The smallest absolute Gasteiger partial charge is 0.142 e. The number of rotatable bonds is 2. The van der Waals surface area contributed by atoms with Crippen LogP contribution in [0.25, 0.3) is 0 Å². The molecule has 4 heteroatoms. The predicted octanol–water partition coefficient (Wildman–Crippen LogP) is 1.79. The lowest BCUT2D eigenvalue weighted by Gasteiger charge is -2.09. The van der Waals surface area contributed by atoms with E-state index in [1.165, 1.54) is 7.11 Å². The van der Waals surface area contributed by atoms with Crippen LogP contribution in [0.2, 0.25) is 0 Å². The number of hydrogen-bond donors (Lipinski definition) is 1. The quantitative estimate of drug-likeness (QED) is 0.858. The highest BCUT2D eigenvalue weighted by Crippen LogP contribution is 2.29. The van der Waals surface area contributed by atoms with E-state index in [-0.39, 0.29) is 0 Å². The zero-order valence-corrected chi connectivity index (χ0v) is 8.76. The minimum absolute atomic E-state index is 0.347. The monoisotopic (exact) mass is 240 g/mol. The Bertz CT molecular complexity index is 357. The van der Waals surface area contributed by atoms with Crippen LogP contribution in [0.15, 0.2) is 16.6 Å². The van der Waals surface area contributed by atoms with E-state index in [2.05, 4.69) is 15.9 Å². The van der Waals surface area contributed by atoms with E-state index in [4.69, 9.17) is 15.7 Å². The number of ether oxygens (including phenoxy) is 1. The molecule has 0 aliphatic rings. The van der Waals surface area contributed by atoms with Crippen molar-refractivity contribution < 1.29 is 4.74 Å². The maximum Gasteiger partial charge on any atom is 0.142 e. The van der Waals surface area contributed by atoms with Crippen molar-refractivity contribution in [3.63, 3.8) is 0 Å². The lowest BCUT2D eigenvalue weighted by molar-refractivity contribution is 0.408. The van der Waals surface area contributed by atoms with E-state index >= 15 is 0 Å². The van der Waals surface area contributed by atoms with Crippen molar-refractivity contribution >= 4 is 15.9 Å². The Morgan fingerprint density at radius 2 is 2.31 bits per heavy atom. The minimum atomic E-state index is 0.347.